The molecule has 1 unspecified atom stereocenters. The second-order valence-corrected chi connectivity index (χ2v) is 8.83. The van der Waals surface area contributed by atoms with E-state index in [-0.39, 0.29) is 17.1 Å². The molecule has 2 aromatic carbocycles. The number of benzene rings is 2. The predicted molar refractivity (Wildman–Crippen MR) is 113 cm³/mol. The average molecular weight is 396 g/mol. The zero-order chi connectivity index (χ0) is 19.5. The van der Waals surface area contributed by atoms with Crippen molar-refractivity contribution in [3.8, 4) is 0 Å². The van der Waals surface area contributed by atoms with E-state index in [4.69, 9.17) is 0 Å². The number of anilines is 1. The van der Waals surface area contributed by atoms with Gasteiger partial charge < -0.3 is 10.6 Å². The van der Waals surface area contributed by atoms with E-state index in [2.05, 4.69) is 39.8 Å². The van der Waals surface area contributed by atoms with Crippen LogP contribution in [0.1, 0.15) is 41.3 Å². The highest BCUT2D eigenvalue weighted by atomic mass is 32.2. The number of hydrogen-bond acceptors (Lipinski definition) is 4. The Hall–Kier alpha value is -2.31. The molecule has 2 heterocycles. The van der Waals surface area contributed by atoms with Crippen LogP contribution in [-0.4, -0.2) is 35.1 Å². The lowest BCUT2D eigenvalue weighted by Crippen LogP contribution is -2.27. The molecule has 0 saturated carbocycles. The molecule has 1 fully saturated rings. The number of nitrogens with one attached hydrogen (secondary N) is 2. The highest BCUT2D eigenvalue weighted by Crippen LogP contribution is 2.35. The number of carbonyl (C=O) groups is 2. The van der Waals surface area contributed by atoms with Crippen LogP contribution in [0, 0.1) is 0 Å². The Bertz CT molecular complexity index is 876. The van der Waals surface area contributed by atoms with Crippen molar-refractivity contribution in [3.05, 3.63) is 59.2 Å². The molecule has 1 saturated heterocycles. The monoisotopic (exact) mass is 395 g/mol. The molecule has 0 aromatic heterocycles. The van der Waals surface area contributed by atoms with E-state index in [1.807, 2.05) is 19.1 Å². The SMILES string of the molecule is CC1Sc2ccc(C(=O)NCc3ccc(CN4CCCC4)cc3)cc2NC1=O. The van der Waals surface area contributed by atoms with Crippen LogP contribution >= 0.6 is 11.8 Å². The molecule has 146 valence electrons. The topological polar surface area (TPSA) is 61.4 Å². The molecule has 5 nitrogen and oxygen atoms in total. The molecule has 0 bridgehead atoms. The van der Waals surface area contributed by atoms with Crippen molar-refractivity contribution in [1.82, 2.24) is 10.2 Å². The highest BCUT2D eigenvalue weighted by molar-refractivity contribution is 8.00. The Kier molecular flexibility index (Phi) is 5.69. The van der Waals surface area contributed by atoms with Gasteiger partial charge in [0.15, 0.2) is 0 Å². The number of rotatable bonds is 5. The van der Waals surface area contributed by atoms with Gasteiger partial charge in [-0.25, -0.2) is 0 Å². The molecule has 0 spiro atoms. The summed E-state index contributed by atoms with van der Waals surface area (Å²) < 4.78 is 0. The molecule has 28 heavy (non-hydrogen) atoms. The van der Waals surface area contributed by atoms with Crippen molar-refractivity contribution in [3.63, 3.8) is 0 Å². The first kappa shape index (κ1) is 19.0. The van der Waals surface area contributed by atoms with E-state index in [1.54, 1.807) is 6.07 Å². The summed E-state index contributed by atoms with van der Waals surface area (Å²) in [7, 11) is 0. The number of fused-ring (bicyclic) bond motifs is 1. The maximum Gasteiger partial charge on any atom is 0.251 e. The second kappa shape index (κ2) is 8.37. The van der Waals surface area contributed by atoms with Gasteiger partial charge in [-0.3, -0.25) is 14.5 Å². The fourth-order valence-electron chi connectivity index (χ4n) is 3.60. The average Bonchev–Trinajstić information content (AvgIpc) is 3.21. The summed E-state index contributed by atoms with van der Waals surface area (Å²) in [6, 6.07) is 13.9. The Morgan fingerprint density at radius 1 is 1.14 bits per heavy atom. The van der Waals surface area contributed by atoms with Gasteiger partial charge in [-0.05, 0) is 62.2 Å². The number of nitrogens with zero attached hydrogens (tertiary/aromatic N) is 1. The van der Waals surface area contributed by atoms with Crippen LogP contribution in [0.5, 0.6) is 0 Å². The van der Waals surface area contributed by atoms with Crippen molar-refractivity contribution in [2.75, 3.05) is 18.4 Å². The maximum absolute atomic E-state index is 12.5. The molecular formula is C22H25N3O2S. The number of thioether (sulfide) groups is 1. The minimum Gasteiger partial charge on any atom is -0.348 e. The largest absolute Gasteiger partial charge is 0.348 e. The van der Waals surface area contributed by atoms with E-state index in [0.717, 1.165) is 17.0 Å². The van der Waals surface area contributed by atoms with Gasteiger partial charge in [-0.2, -0.15) is 0 Å². The van der Waals surface area contributed by atoms with E-state index in [1.165, 1.54) is 43.3 Å². The van der Waals surface area contributed by atoms with Crippen LogP contribution < -0.4 is 10.6 Å². The molecule has 1 atom stereocenters. The van der Waals surface area contributed by atoms with Crippen LogP contribution in [0.15, 0.2) is 47.4 Å². The molecule has 2 aliphatic heterocycles. The van der Waals surface area contributed by atoms with Gasteiger partial charge in [0.2, 0.25) is 5.91 Å². The minimum absolute atomic E-state index is 0.0240. The zero-order valence-corrected chi connectivity index (χ0v) is 16.8. The Balaban J connectivity index is 1.34. The highest BCUT2D eigenvalue weighted by Gasteiger charge is 2.23. The Morgan fingerprint density at radius 3 is 2.61 bits per heavy atom. The first-order valence-corrected chi connectivity index (χ1v) is 10.7. The standard InChI is InChI=1S/C22H25N3O2S/c1-15-21(26)24-19-12-18(8-9-20(19)28-15)22(27)23-13-16-4-6-17(7-5-16)14-25-10-2-3-11-25/h4-9,12,15H,2-3,10-11,13-14H2,1H3,(H,23,27)(H,24,26). The third kappa shape index (κ3) is 4.39. The molecule has 2 aromatic rings. The first-order valence-electron chi connectivity index (χ1n) is 9.78. The molecule has 4 rings (SSSR count). The van der Waals surface area contributed by atoms with Gasteiger partial charge in [-0.1, -0.05) is 24.3 Å². The van der Waals surface area contributed by atoms with Crippen molar-refractivity contribution >= 4 is 29.3 Å². The summed E-state index contributed by atoms with van der Waals surface area (Å²) in [5.41, 5.74) is 3.66. The quantitative estimate of drug-likeness (QED) is 0.811. The van der Waals surface area contributed by atoms with E-state index in [0.29, 0.717) is 17.8 Å². The van der Waals surface area contributed by atoms with Crippen LogP contribution in [0.4, 0.5) is 5.69 Å². The lowest BCUT2D eigenvalue weighted by atomic mass is 10.1. The van der Waals surface area contributed by atoms with Gasteiger partial charge >= 0.3 is 0 Å². The van der Waals surface area contributed by atoms with Gasteiger partial charge in [0.25, 0.3) is 5.91 Å². The Labute approximate surface area is 169 Å². The van der Waals surface area contributed by atoms with Crippen LogP contribution in [0.3, 0.4) is 0 Å². The van der Waals surface area contributed by atoms with Gasteiger partial charge in [0.1, 0.15) is 0 Å². The smallest absolute Gasteiger partial charge is 0.251 e. The fourth-order valence-corrected chi connectivity index (χ4v) is 4.53. The molecule has 6 heteroatoms. The fraction of sp³-hybridized carbons (Fsp3) is 0.364. The molecule has 0 radical (unpaired) electrons. The zero-order valence-electron chi connectivity index (χ0n) is 16.0. The number of carbonyl (C=O) groups excluding carboxylic acids is 2. The van der Waals surface area contributed by atoms with Crippen molar-refractivity contribution in [2.45, 2.75) is 43.0 Å². The molecule has 2 N–H and O–H groups in total. The van der Waals surface area contributed by atoms with Gasteiger partial charge in [-0.15, -0.1) is 11.8 Å². The van der Waals surface area contributed by atoms with Crippen molar-refractivity contribution in [2.24, 2.45) is 0 Å². The molecular weight excluding hydrogens is 370 g/mol. The normalized spacial score (nSPS) is 19.2. The van der Waals surface area contributed by atoms with E-state index in [9.17, 15) is 9.59 Å². The van der Waals surface area contributed by atoms with Crippen molar-refractivity contribution < 1.29 is 9.59 Å². The summed E-state index contributed by atoms with van der Waals surface area (Å²) in [6.45, 7) is 5.75. The Morgan fingerprint density at radius 2 is 1.86 bits per heavy atom. The first-order chi connectivity index (χ1) is 13.6. The summed E-state index contributed by atoms with van der Waals surface area (Å²) in [6.07, 6.45) is 2.60. The number of amides is 2. The number of likely N-dealkylation sites (tertiary alicyclic amines) is 1. The lowest BCUT2D eigenvalue weighted by Gasteiger charge is -2.21. The third-order valence-corrected chi connectivity index (χ3v) is 6.43. The van der Waals surface area contributed by atoms with Gasteiger partial charge in [0, 0.05) is 23.5 Å². The van der Waals surface area contributed by atoms with Crippen LogP contribution in [0.25, 0.3) is 0 Å². The molecule has 2 aliphatic rings. The van der Waals surface area contributed by atoms with E-state index >= 15 is 0 Å². The summed E-state index contributed by atoms with van der Waals surface area (Å²) >= 11 is 1.52. The predicted octanol–water partition coefficient (Wildman–Crippen LogP) is 3.65. The van der Waals surface area contributed by atoms with E-state index < -0.39 is 0 Å². The molecule has 0 aliphatic carbocycles. The minimum atomic E-state index is -0.137. The van der Waals surface area contributed by atoms with Crippen molar-refractivity contribution in [1.29, 1.82) is 0 Å². The van der Waals surface area contributed by atoms with Crippen LogP contribution in [0.2, 0.25) is 0 Å². The van der Waals surface area contributed by atoms with Crippen LogP contribution in [-0.2, 0) is 17.9 Å². The lowest BCUT2D eigenvalue weighted by molar-refractivity contribution is -0.115. The maximum atomic E-state index is 12.5. The van der Waals surface area contributed by atoms with Gasteiger partial charge in [0.05, 0.1) is 10.9 Å². The molecule has 2 amide bonds. The summed E-state index contributed by atoms with van der Waals surface area (Å²) in [4.78, 5) is 27.8. The third-order valence-electron chi connectivity index (χ3n) is 5.25. The second-order valence-electron chi connectivity index (χ2n) is 7.44. The number of hydrogen-bond donors (Lipinski definition) is 2. The summed E-state index contributed by atoms with van der Waals surface area (Å²) in [5, 5.41) is 5.73. The summed E-state index contributed by atoms with van der Waals surface area (Å²) in [5.74, 6) is -0.161.